The van der Waals surface area contributed by atoms with E-state index in [1.807, 2.05) is 19.9 Å². The average molecular weight is 462 g/mol. The van der Waals surface area contributed by atoms with Gasteiger partial charge in [-0.25, -0.2) is 9.78 Å². The minimum atomic E-state index is -1.86. The van der Waals surface area contributed by atoms with E-state index in [1.165, 1.54) is 0 Å². The molecule has 2 aromatic heterocycles. The van der Waals surface area contributed by atoms with Crippen LogP contribution in [0, 0.1) is 5.92 Å². The number of carbonyl (C=O) groups excluding carboxylic acids is 2. The summed E-state index contributed by atoms with van der Waals surface area (Å²) >= 11 is 0. The first-order valence-electron chi connectivity index (χ1n) is 11.5. The minimum absolute atomic E-state index is 0.0927. The molecular weight excluding hydrogens is 434 g/mol. The van der Waals surface area contributed by atoms with E-state index in [-0.39, 0.29) is 35.5 Å². The summed E-state index contributed by atoms with van der Waals surface area (Å²) in [6.45, 7) is 5.88. The molecule has 0 unspecified atom stereocenters. The Bertz CT molecular complexity index is 1420. The van der Waals surface area contributed by atoms with Gasteiger partial charge in [-0.3, -0.25) is 9.59 Å². The zero-order valence-electron chi connectivity index (χ0n) is 19.4. The maximum atomic E-state index is 13.3. The van der Waals surface area contributed by atoms with Crippen molar-refractivity contribution in [2.24, 2.45) is 11.7 Å². The number of aliphatic hydroxyl groups is 1. The molecule has 0 aliphatic carbocycles. The number of hydrogen-bond donors (Lipinski definition) is 2. The van der Waals surface area contributed by atoms with Crippen LogP contribution in [0.4, 0.5) is 0 Å². The number of Topliss-reactive ketones (excluding diaryl/α,β-unsaturated/α-hetero) is 1. The van der Waals surface area contributed by atoms with Gasteiger partial charge in [-0.1, -0.05) is 20.8 Å². The number of benzene rings is 1. The van der Waals surface area contributed by atoms with Gasteiger partial charge in [0.2, 0.25) is 0 Å². The molecular formula is C26H27N3O5. The number of nitrogens with zero attached hydrogens (tertiary/aromatic N) is 2. The molecule has 3 aromatic rings. The van der Waals surface area contributed by atoms with Crippen molar-refractivity contribution in [1.82, 2.24) is 9.55 Å². The maximum Gasteiger partial charge on any atom is 0.343 e. The Hall–Kier alpha value is -3.36. The summed E-state index contributed by atoms with van der Waals surface area (Å²) in [7, 11) is 0. The molecule has 0 saturated carbocycles. The third-order valence-corrected chi connectivity index (χ3v) is 6.85. The molecule has 8 nitrogen and oxygen atoms in total. The van der Waals surface area contributed by atoms with Crippen LogP contribution in [-0.2, 0) is 28.3 Å². The van der Waals surface area contributed by atoms with E-state index in [1.54, 1.807) is 35.8 Å². The highest BCUT2D eigenvalue weighted by Gasteiger charge is 2.45. The second-order valence-corrected chi connectivity index (χ2v) is 9.61. The predicted molar refractivity (Wildman–Crippen MR) is 126 cm³/mol. The molecule has 0 radical (unpaired) electrons. The number of ketones is 1. The van der Waals surface area contributed by atoms with Crippen LogP contribution in [0.3, 0.4) is 0 Å². The molecule has 4 heterocycles. The number of pyridine rings is 2. The van der Waals surface area contributed by atoms with Gasteiger partial charge in [0.05, 0.1) is 35.1 Å². The number of ether oxygens (including phenoxy) is 1. The fourth-order valence-corrected chi connectivity index (χ4v) is 4.97. The lowest BCUT2D eigenvalue weighted by Crippen LogP contribution is -2.44. The van der Waals surface area contributed by atoms with Crippen LogP contribution in [0.5, 0.6) is 0 Å². The summed E-state index contributed by atoms with van der Waals surface area (Å²) < 4.78 is 6.70. The molecule has 2 aliphatic rings. The second kappa shape index (κ2) is 7.85. The van der Waals surface area contributed by atoms with E-state index in [2.05, 4.69) is 0 Å². The van der Waals surface area contributed by atoms with Crippen molar-refractivity contribution >= 4 is 22.7 Å². The Morgan fingerprint density at radius 2 is 2.03 bits per heavy atom. The number of aromatic nitrogens is 2. The van der Waals surface area contributed by atoms with E-state index in [9.17, 15) is 19.5 Å². The van der Waals surface area contributed by atoms with Gasteiger partial charge in [0.25, 0.3) is 5.56 Å². The molecule has 176 valence electrons. The number of nitrogens with two attached hydrogens (primary N) is 1. The van der Waals surface area contributed by atoms with Crippen LogP contribution in [-0.4, -0.2) is 32.5 Å². The van der Waals surface area contributed by atoms with Crippen molar-refractivity contribution < 1.29 is 19.4 Å². The van der Waals surface area contributed by atoms with Crippen LogP contribution in [0.25, 0.3) is 22.3 Å². The number of rotatable bonds is 5. The molecule has 0 amide bonds. The van der Waals surface area contributed by atoms with Crippen molar-refractivity contribution in [3.63, 3.8) is 0 Å². The summed E-state index contributed by atoms with van der Waals surface area (Å²) in [6, 6.07) is 8.37. The Labute approximate surface area is 196 Å². The molecule has 2 atom stereocenters. The van der Waals surface area contributed by atoms with Crippen molar-refractivity contribution in [3.8, 4) is 11.4 Å². The van der Waals surface area contributed by atoms with Crippen LogP contribution < -0.4 is 11.3 Å². The van der Waals surface area contributed by atoms with Crippen molar-refractivity contribution in [2.45, 2.75) is 58.4 Å². The van der Waals surface area contributed by atoms with E-state index < -0.39 is 17.6 Å². The predicted octanol–water partition coefficient (Wildman–Crippen LogP) is 2.64. The normalized spacial score (nSPS) is 19.5. The number of fused-ring (bicyclic) bond motifs is 5. The van der Waals surface area contributed by atoms with E-state index in [0.29, 0.717) is 41.4 Å². The van der Waals surface area contributed by atoms with Gasteiger partial charge in [0.15, 0.2) is 11.4 Å². The molecule has 0 saturated heterocycles. The highest BCUT2D eigenvalue weighted by molar-refractivity contribution is 6.03. The van der Waals surface area contributed by atoms with Gasteiger partial charge in [-0.2, -0.15) is 0 Å². The summed E-state index contributed by atoms with van der Waals surface area (Å²) in [4.78, 5) is 43.1. The van der Waals surface area contributed by atoms with Gasteiger partial charge >= 0.3 is 5.97 Å². The van der Waals surface area contributed by atoms with Crippen LogP contribution in [0.2, 0.25) is 0 Å². The number of esters is 1. The van der Waals surface area contributed by atoms with Gasteiger partial charge < -0.3 is 20.1 Å². The van der Waals surface area contributed by atoms with Crippen LogP contribution in [0.15, 0.2) is 35.1 Å². The van der Waals surface area contributed by atoms with Gasteiger partial charge in [-0.05, 0) is 49.1 Å². The first kappa shape index (κ1) is 22.4. The number of hydrogen-bond acceptors (Lipinski definition) is 7. The van der Waals surface area contributed by atoms with Crippen molar-refractivity contribution in [3.05, 3.63) is 62.9 Å². The number of carbonyl (C=O) groups is 2. The Kier molecular flexibility index (Phi) is 5.18. The average Bonchev–Trinajstić information content (AvgIpc) is 3.16. The summed E-state index contributed by atoms with van der Waals surface area (Å²) in [5, 5.41) is 11.8. The van der Waals surface area contributed by atoms with Crippen LogP contribution >= 0.6 is 0 Å². The molecule has 34 heavy (non-hydrogen) atoms. The molecule has 1 aromatic carbocycles. The second-order valence-electron chi connectivity index (χ2n) is 9.61. The topological polar surface area (TPSA) is 125 Å². The third-order valence-electron chi connectivity index (χ3n) is 6.85. The number of cyclic esters (lactones) is 1. The van der Waals surface area contributed by atoms with Crippen molar-refractivity contribution in [1.29, 1.82) is 0 Å². The van der Waals surface area contributed by atoms with Crippen LogP contribution in [0.1, 0.15) is 60.7 Å². The first-order chi connectivity index (χ1) is 16.1. The molecule has 5 rings (SSSR count). The summed E-state index contributed by atoms with van der Waals surface area (Å²) in [5.41, 5.74) is 7.75. The SMILES string of the molecule is CC[C@@]1(O)C(=O)OCc2c1cc1n(c2=O)Cc2cc3cc(C(=O)[C@H](N)CC(C)C)ccc3nc2-1. The lowest BCUT2D eigenvalue weighted by molar-refractivity contribution is -0.172. The van der Waals surface area contributed by atoms with E-state index in [4.69, 9.17) is 15.5 Å². The molecule has 2 aliphatic heterocycles. The quantitative estimate of drug-likeness (QED) is 0.346. The van der Waals surface area contributed by atoms with Gasteiger partial charge in [-0.15, -0.1) is 0 Å². The molecule has 0 spiro atoms. The van der Waals surface area contributed by atoms with Gasteiger partial charge in [0.1, 0.15) is 6.61 Å². The summed E-state index contributed by atoms with van der Waals surface area (Å²) in [5.74, 6) is -0.533. The molecule has 8 heteroatoms. The highest BCUT2D eigenvalue weighted by atomic mass is 16.6. The Balaban J connectivity index is 1.60. The summed E-state index contributed by atoms with van der Waals surface area (Å²) in [6.07, 6.45) is 0.702. The zero-order chi connectivity index (χ0) is 24.4. The zero-order valence-corrected chi connectivity index (χ0v) is 19.4. The molecule has 3 N–H and O–H groups in total. The van der Waals surface area contributed by atoms with Crippen molar-refractivity contribution in [2.75, 3.05) is 0 Å². The lowest BCUT2D eigenvalue weighted by atomic mass is 9.86. The van der Waals surface area contributed by atoms with E-state index >= 15 is 0 Å². The fraction of sp³-hybridized carbons (Fsp3) is 0.385. The maximum absolute atomic E-state index is 13.3. The Morgan fingerprint density at radius 1 is 1.26 bits per heavy atom. The fourth-order valence-electron chi connectivity index (χ4n) is 4.97. The monoisotopic (exact) mass is 461 g/mol. The first-order valence-corrected chi connectivity index (χ1v) is 11.5. The third kappa shape index (κ3) is 3.28. The molecule has 0 bridgehead atoms. The standard InChI is InChI=1S/C26H27N3O5/c1-4-26(33)18-10-21-22-16(11-29(21)24(31)17(18)12-34-25(26)32)9-15-8-14(5-6-20(15)28-22)23(30)19(27)7-13(2)3/h5-6,8-10,13,19,33H,4,7,11-12,27H2,1-3H3/t19-,26+/m1/s1. The van der Waals surface area contributed by atoms with Gasteiger partial charge in [0, 0.05) is 22.1 Å². The minimum Gasteiger partial charge on any atom is -0.458 e. The van der Waals surface area contributed by atoms with E-state index in [0.717, 1.165) is 10.9 Å². The lowest BCUT2D eigenvalue weighted by Gasteiger charge is -2.31. The largest absolute Gasteiger partial charge is 0.458 e. The Morgan fingerprint density at radius 3 is 2.74 bits per heavy atom. The molecule has 0 fully saturated rings. The highest BCUT2D eigenvalue weighted by Crippen LogP contribution is 2.38. The smallest absolute Gasteiger partial charge is 0.343 e.